The van der Waals surface area contributed by atoms with E-state index in [1.54, 1.807) is 4.68 Å². The molecule has 0 unspecified atom stereocenters. The Bertz CT molecular complexity index is 892. The monoisotopic (exact) mass is 399 g/mol. The molecule has 2 aromatic rings. The van der Waals surface area contributed by atoms with E-state index in [0.717, 1.165) is 18.4 Å². The smallest absolute Gasteiger partial charge is 0.273 e. The normalized spacial score (nSPS) is 12.4. The van der Waals surface area contributed by atoms with Crippen LogP contribution in [0.25, 0.3) is 10.9 Å². The van der Waals surface area contributed by atoms with E-state index in [1.165, 1.54) is 0 Å². The molecule has 0 aliphatic carbocycles. The molecular weight excluding hydrogens is 370 g/mol. The molecule has 1 heterocycles. The number of nitrogens with one attached hydrogen (secondary N) is 2. The van der Waals surface area contributed by atoms with Gasteiger partial charge < -0.3 is 15.7 Å². The van der Waals surface area contributed by atoms with Crippen molar-refractivity contribution in [2.45, 2.75) is 52.6 Å². The van der Waals surface area contributed by atoms with Gasteiger partial charge in [0.15, 0.2) is 5.69 Å². The zero-order valence-corrected chi connectivity index (χ0v) is 17.2. The summed E-state index contributed by atoms with van der Waals surface area (Å²) in [6, 6.07) is 8.82. The molecule has 0 saturated carbocycles. The van der Waals surface area contributed by atoms with Gasteiger partial charge in [0, 0.05) is 24.9 Å². The second kappa shape index (κ2) is 10.0. The summed E-state index contributed by atoms with van der Waals surface area (Å²) in [6.07, 6.45) is 2.04. The van der Waals surface area contributed by atoms with Crippen molar-refractivity contribution in [2.75, 3.05) is 13.2 Å². The van der Waals surface area contributed by atoms with Crippen LogP contribution < -0.4 is 10.6 Å². The van der Waals surface area contributed by atoms with Crippen LogP contribution >= 0.6 is 0 Å². The van der Waals surface area contributed by atoms with Gasteiger partial charge in [0.2, 0.25) is 5.91 Å². The molecule has 156 valence electrons. The van der Waals surface area contributed by atoms with Gasteiger partial charge in [-0.1, -0.05) is 39.0 Å². The standard InChI is InChI=1S/C21H29N5O3/c1-21(2,3)18(20(29)23-12-14-27)24-19(28)17-15-9-5-6-10-16(15)26(25-17)13-8-4-7-11-22/h5-6,9-10,18,27H,4,7-8,12-14H2,1-3H3,(H,23,29)(H,24,28)/t18-/m1/s1. The van der Waals surface area contributed by atoms with Crippen molar-refractivity contribution in [1.29, 1.82) is 5.26 Å². The lowest BCUT2D eigenvalue weighted by molar-refractivity contribution is -0.125. The van der Waals surface area contributed by atoms with Crippen molar-refractivity contribution < 1.29 is 14.7 Å². The first-order valence-electron chi connectivity index (χ1n) is 9.81. The molecule has 3 N–H and O–H groups in total. The topological polar surface area (TPSA) is 120 Å². The fourth-order valence-corrected chi connectivity index (χ4v) is 3.09. The maximum atomic E-state index is 13.0. The summed E-state index contributed by atoms with van der Waals surface area (Å²) in [5, 5.41) is 28.3. The molecule has 29 heavy (non-hydrogen) atoms. The minimum Gasteiger partial charge on any atom is -0.395 e. The molecule has 8 heteroatoms. The Labute approximate surface area is 170 Å². The maximum Gasteiger partial charge on any atom is 0.273 e. The van der Waals surface area contributed by atoms with Gasteiger partial charge in [-0.2, -0.15) is 10.4 Å². The summed E-state index contributed by atoms with van der Waals surface area (Å²) in [5.41, 5.74) is 0.585. The van der Waals surface area contributed by atoms with Gasteiger partial charge in [0.05, 0.1) is 18.2 Å². The average Bonchev–Trinajstić information content (AvgIpc) is 3.05. The van der Waals surface area contributed by atoms with Gasteiger partial charge in [0.1, 0.15) is 6.04 Å². The Balaban J connectivity index is 2.26. The molecule has 0 bridgehead atoms. The molecular formula is C21H29N5O3. The van der Waals surface area contributed by atoms with Gasteiger partial charge in [-0.25, -0.2) is 0 Å². The number of amides is 2. The summed E-state index contributed by atoms with van der Waals surface area (Å²) in [4.78, 5) is 25.5. The lowest BCUT2D eigenvalue weighted by Crippen LogP contribution is -2.54. The summed E-state index contributed by atoms with van der Waals surface area (Å²) in [6.45, 7) is 6.15. The van der Waals surface area contributed by atoms with Crippen LogP contribution in [0.1, 0.15) is 50.5 Å². The van der Waals surface area contributed by atoms with E-state index in [4.69, 9.17) is 10.4 Å². The number of benzene rings is 1. The van der Waals surface area contributed by atoms with Crippen molar-refractivity contribution >= 4 is 22.7 Å². The highest BCUT2D eigenvalue weighted by Crippen LogP contribution is 2.22. The highest BCUT2D eigenvalue weighted by atomic mass is 16.3. The number of para-hydroxylation sites is 1. The minimum atomic E-state index is -0.777. The Hall–Kier alpha value is -2.92. The molecule has 0 aliphatic rings. The lowest BCUT2D eigenvalue weighted by atomic mass is 9.86. The molecule has 1 atom stereocenters. The van der Waals surface area contributed by atoms with E-state index in [0.29, 0.717) is 18.4 Å². The zero-order valence-electron chi connectivity index (χ0n) is 17.2. The third-order valence-corrected chi connectivity index (χ3v) is 4.60. The predicted octanol–water partition coefficient (Wildman–Crippen LogP) is 1.98. The first-order valence-corrected chi connectivity index (χ1v) is 9.81. The second-order valence-corrected chi connectivity index (χ2v) is 7.99. The van der Waals surface area contributed by atoms with Crippen molar-refractivity contribution in [3.8, 4) is 6.07 Å². The molecule has 0 saturated heterocycles. The lowest BCUT2D eigenvalue weighted by Gasteiger charge is -2.30. The maximum absolute atomic E-state index is 13.0. The first kappa shape index (κ1) is 22.4. The Kier molecular flexibility index (Phi) is 7.74. The molecule has 2 rings (SSSR count). The van der Waals surface area contributed by atoms with Gasteiger partial charge >= 0.3 is 0 Å². The Morgan fingerprint density at radius 3 is 2.66 bits per heavy atom. The second-order valence-electron chi connectivity index (χ2n) is 7.99. The molecule has 1 aromatic carbocycles. The van der Waals surface area contributed by atoms with Crippen molar-refractivity contribution in [1.82, 2.24) is 20.4 Å². The zero-order chi connectivity index (χ0) is 21.4. The summed E-state index contributed by atoms with van der Waals surface area (Å²) in [5.74, 6) is -0.767. The number of aliphatic hydroxyl groups is 1. The van der Waals surface area contributed by atoms with E-state index in [-0.39, 0.29) is 24.8 Å². The van der Waals surface area contributed by atoms with Crippen LogP contribution in [0.3, 0.4) is 0 Å². The number of hydrogen-bond donors (Lipinski definition) is 3. The molecule has 0 spiro atoms. The Morgan fingerprint density at radius 1 is 1.28 bits per heavy atom. The fraction of sp³-hybridized carbons (Fsp3) is 0.524. The summed E-state index contributed by atoms with van der Waals surface area (Å²) in [7, 11) is 0. The van der Waals surface area contributed by atoms with Crippen LogP contribution in [0.4, 0.5) is 0 Å². The molecule has 8 nitrogen and oxygen atoms in total. The van der Waals surface area contributed by atoms with E-state index >= 15 is 0 Å². The number of fused-ring (bicyclic) bond motifs is 1. The molecule has 1 aromatic heterocycles. The van der Waals surface area contributed by atoms with Gasteiger partial charge in [-0.3, -0.25) is 14.3 Å². The number of nitrogens with zero attached hydrogens (tertiary/aromatic N) is 3. The van der Waals surface area contributed by atoms with E-state index in [2.05, 4.69) is 21.8 Å². The number of nitriles is 1. The number of aryl methyl sites for hydroxylation is 1. The van der Waals surface area contributed by atoms with Crippen molar-refractivity contribution in [3.05, 3.63) is 30.0 Å². The number of unbranched alkanes of at least 4 members (excludes halogenated alkanes) is 2. The van der Waals surface area contributed by atoms with Crippen LogP contribution in [0.2, 0.25) is 0 Å². The third-order valence-electron chi connectivity index (χ3n) is 4.60. The quantitative estimate of drug-likeness (QED) is 0.557. The average molecular weight is 399 g/mol. The number of hydrogen-bond acceptors (Lipinski definition) is 5. The van der Waals surface area contributed by atoms with Crippen LogP contribution in [0.15, 0.2) is 24.3 Å². The molecule has 0 radical (unpaired) electrons. The van der Waals surface area contributed by atoms with E-state index < -0.39 is 17.4 Å². The minimum absolute atomic E-state index is 0.127. The van der Waals surface area contributed by atoms with Gasteiger partial charge in [-0.05, 0) is 24.3 Å². The number of aliphatic hydroxyl groups excluding tert-OH is 1. The molecule has 2 amide bonds. The van der Waals surface area contributed by atoms with Crippen LogP contribution in [0, 0.1) is 16.7 Å². The highest BCUT2D eigenvalue weighted by Gasteiger charge is 2.33. The first-order chi connectivity index (χ1) is 13.8. The van der Waals surface area contributed by atoms with E-state index in [1.807, 2.05) is 45.0 Å². The SMILES string of the molecule is CC(C)(C)[C@H](NC(=O)c1nn(CCCCC#N)c2ccccc12)C(=O)NCCO. The fourth-order valence-electron chi connectivity index (χ4n) is 3.09. The van der Waals surface area contributed by atoms with Crippen molar-refractivity contribution in [3.63, 3.8) is 0 Å². The summed E-state index contributed by atoms with van der Waals surface area (Å²) >= 11 is 0. The number of carbonyl (C=O) groups excluding carboxylic acids is 2. The van der Waals surface area contributed by atoms with Gasteiger partial charge in [-0.15, -0.1) is 0 Å². The number of carbonyl (C=O) groups is 2. The van der Waals surface area contributed by atoms with Gasteiger partial charge in [0.25, 0.3) is 5.91 Å². The van der Waals surface area contributed by atoms with E-state index in [9.17, 15) is 9.59 Å². The largest absolute Gasteiger partial charge is 0.395 e. The number of aromatic nitrogens is 2. The highest BCUT2D eigenvalue weighted by molar-refractivity contribution is 6.06. The number of rotatable bonds is 9. The Morgan fingerprint density at radius 2 is 2.00 bits per heavy atom. The van der Waals surface area contributed by atoms with Crippen LogP contribution in [-0.2, 0) is 11.3 Å². The van der Waals surface area contributed by atoms with Crippen LogP contribution in [0.5, 0.6) is 0 Å². The van der Waals surface area contributed by atoms with Crippen molar-refractivity contribution in [2.24, 2.45) is 5.41 Å². The molecule has 0 fully saturated rings. The molecule has 0 aliphatic heterocycles. The van der Waals surface area contributed by atoms with Crippen LogP contribution in [-0.4, -0.2) is 45.9 Å². The summed E-state index contributed by atoms with van der Waals surface area (Å²) < 4.78 is 1.78. The third kappa shape index (κ3) is 5.78. The predicted molar refractivity (Wildman–Crippen MR) is 110 cm³/mol.